The fraction of sp³-hybridized carbons (Fsp3) is 0.793. The molecular weight excluding hydrogens is 870 g/mol. The molecule has 0 amide bonds. The highest BCUT2D eigenvalue weighted by Crippen LogP contribution is 2.38. The lowest BCUT2D eigenvalue weighted by Crippen LogP contribution is -2.37. The van der Waals surface area contributed by atoms with Crippen LogP contribution in [0.4, 0.5) is 0 Å². The van der Waals surface area contributed by atoms with Crippen LogP contribution in [0.2, 0.25) is 0 Å². The van der Waals surface area contributed by atoms with Gasteiger partial charge in [0, 0.05) is 12.8 Å². The molecule has 68 heavy (non-hydrogen) atoms. The van der Waals surface area contributed by atoms with Crippen molar-refractivity contribution in [1.82, 2.24) is 0 Å². The maximum atomic E-state index is 12.8. The van der Waals surface area contributed by atoms with Crippen LogP contribution < -0.4 is 4.89 Å². The van der Waals surface area contributed by atoms with E-state index in [0.717, 1.165) is 77.0 Å². The summed E-state index contributed by atoms with van der Waals surface area (Å²) in [5.74, 6) is -0.833. The fourth-order valence-electron chi connectivity index (χ4n) is 7.74. The molecule has 0 aliphatic carbocycles. The molecule has 2 atom stereocenters. The third-order valence-corrected chi connectivity index (χ3v) is 13.0. The quantitative estimate of drug-likeness (QED) is 0.0195. The first-order chi connectivity index (χ1) is 33.0. The predicted molar refractivity (Wildman–Crippen MR) is 287 cm³/mol. The summed E-state index contributed by atoms with van der Waals surface area (Å²) in [6, 6.07) is 0. The van der Waals surface area contributed by atoms with Gasteiger partial charge in [-0.3, -0.25) is 14.2 Å². The van der Waals surface area contributed by atoms with E-state index < -0.39 is 26.5 Å². The molecular formula is C58H106NO8P. The molecule has 396 valence electrons. The van der Waals surface area contributed by atoms with Crippen molar-refractivity contribution in [2.24, 2.45) is 0 Å². The number of hydrogen-bond donors (Lipinski definition) is 0. The molecule has 0 aromatic heterocycles. The van der Waals surface area contributed by atoms with Crippen LogP contribution in [0, 0.1) is 0 Å². The summed E-state index contributed by atoms with van der Waals surface area (Å²) in [5.41, 5.74) is 0. The van der Waals surface area contributed by atoms with Crippen molar-refractivity contribution in [2.75, 3.05) is 47.5 Å². The number of likely N-dealkylation sites (N-methyl/N-ethyl adjacent to an activating group) is 1. The van der Waals surface area contributed by atoms with Crippen molar-refractivity contribution >= 4 is 19.8 Å². The van der Waals surface area contributed by atoms with Crippen molar-refractivity contribution in [1.29, 1.82) is 0 Å². The molecule has 0 aliphatic heterocycles. The van der Waals surface area contributed by atoms with Gasteiger partial charge in [0.1, 0.15) is 19.8 Å². The van der Waals surface area contributed by atoms with E-state index in [1.807, 2.05) is 21.1 Å². The van der Waals surface area contributed by atoms with Crippen LogP contribution in [0.5, 0.6) is 0 Å². The van der Waals surface area contributed by atoms with E-state index in [1.54, 1.807) is 0 Å². The van der Waals surface area contributed by atoms with E-state index >= 15 is 0 Å². The summed E-state index contributed by atoms with van der Waals surface area (Å²) in [6.07, 6.45) is 62.5. The van der Waals surface area contributed by atoms with Crippen LogP contribution in [0.3, 0.4) is 0 Å². The summed E-state index contributed by atoms with van der Waals surface area (Å²) in [5, 5.41) is 0. The summed E-state index contributed by atoms with van der Waals surface area (Å²) in [6.45, 7) is 4.14. The van der Waals surface area contributed by atoms with Gasteiger partial charge >= 0.3 is 11.9 Å². The summed E-state index contributed by atoms with van der Waals surface area (Å²) >= 11 is 0. The number of allylic oxidation sites excluding steroid dienone is 10. The number of unbranched alkanes of at least 4 members (excludes halogenated alkanes) is 27. The Kier molecular flexibility index (Phi) is 48.0. The lowest BCUT2D eigenvalue weighted by molar-refractivity contribution is -0.870. The first-order valence-corrected chi connectivity index (χ1v) is 29.5. The van der Waals surface area contributed by atoms with Crippen molar-refractivity contribution in [3.8, 4) is 0 Å². The highest BCUT2D eigenvalue weighted by molar-refractivity contribution is 7.45. The number of ether oxygens (including phenoxy) is 2. The van der Waals surface area contributed by atoms with Gasteiger partial charge in [-0.05, 0) is 57.8 Å². The average Bonchev–Trinajstić information content (AvgIpc) is 3.30. The van der Waals surface area contributed by atoms with E-state index in [1.165, 1.54) is 135 Å². The molecule has 0 radical (unpaired) electrons. The maximum Gasteiger partial charge on any atom is 0.306 e. The highest BCUT2D eigenvalue weighted by atomic mass is 31.2. The second kappa shape index (κ2) is 49.7. The minimum absolute atomic E-state index is 0.0328. The predicted octanol–water partition coefficient (Wildman–Crippen LogP) is 16.5. The van der Waals surface area contributed by atoms with Crippen molar-refractivity contribution in [3.05, 3.63) is 60.8 Å². The number of quaternary nitrogens is 1. The van der Waals surface area contributed by atoms with E-state index in [2.05, 4.69) is 74.6 Å². The van der Waals surface area contributed by atoms with Crippen LogP contribution in [0.1, 0.15) is 245 Å². The Balaban J connectivity index is 4.20. The van der Waals surface area contributed by atoms with Gasteiger partial charge in [-0.25, -0.2) is 0 Å². The first kappa shape index (κ1) is 65.7. The minimum atomic E-state index is -4.64. The van der Waals surface area contributed by atoms with Gasteiger partial charge in [0.25, 0.3) is 7.82 Å². The first-order valence-electron chi connectivity index (χ1n) is 28.0. The third kappa shape index (κ3) is 53.1. The Morgan fingerprint density at radius 1 is 0.471 bits per heavy atom. The van der Waals surface area contributed by atoms with Gasteiger partial charge in [0.05, 0.1) is 27.7 Å². The van der Waals surface area contributed by atoms with Crippen LogP contribution in [-0.4, -0.2) is 70.0 Å². The van der Waals surface area contributed by atoms with Crippen LogP contribution >= 0.6 is 7.82 Å². The number of hydrogen-bond acceptors (Lipinski definition) is 8. The van der Waals surface area contributed by atoms with Gasteiger partial charge in [-0.15, -0.1) is 0 Å². The van der Waals surface area contributed by atoms with Gasteiger partial charge in [0.15, 0.2) is 6.10 Å². The second-order valence-electron chi connectivity index (χ2n) is 19.9. The summed E-state index contributed by atoms with van der Waals surface area (Å²) in [7, 11) is 1.16. The van der Waals surface area contributed by atoms with Gasteiger partial charge in [-0.2, -0.15) is 0 Å². The molecule has 0 aromatic carbocycles. The fourth-order valence-corrected chi connectivity index (χ4v) is 8.47. The maximum absolute atomic E-state index is 12.8. The molecule has 2 unspecified atom stereocenters. The van der Waals surface area contributed by atoms with Gasteiger partial charge < -0.3 is 27.9 Å². The molecule has 0 N–H and O–H groups in total. The number of phosphoric acid groups is 1. The topological polar surface area (TPSA) is 111 Å². The minimum Gasteiger partial charge on any atom is -0.756 e. The van der Waals surface area contributed by atoms with Gasteiger partial charge in [0.2, 0.25) is 0 Å². The normalized spacial score (nSPS) is 13.8. The Morgan fingerprint density at radius 3 is 1.25 bits per heavy atom. The number of carbonyl (C=O) groups is 2. The largest absolute Gasteiger partial charge is 0.756 e. The Hall–Kier alpha value is -2.29. The van der Waals surface area contributed by atoms with Crippen molar-refractivity contribution in [3.63, 3.8) is 0 Å². The Bertz CT molecular complexity index is 1340. The SMILES string of the molecule is CC/C=C\C/C=C\C/C=C\C/C=C\C/C=C\CCCCCCCCCCCC(=O)OC(COC(=O)CCCCCCCCCCCCCCCCCCCCC)COP(=O)([O-])OCC[N+](C)(C)C. The number of nitrogens with zero attached hydrogens (tertiary/aromatic N) is 1. The van der Waals surface area contributed by atoms with Crippen LogP contribution in [-0.2, 0) is 32.7 Å². The molecule has 0 aromatic rings. The standard InChI is InChI=1S/C58H106NO8P/c1-6-8-10-12-14-16-18-20-22-24-26-27-28-29-30-31-33-35-37-39-41-43-45-47-49-51-58(61)67-56(55-66-68(62,63)65-53-52-59(3,4)5)54-64-57(60)50-48-46-44-42-40-38-36-34-32-25-23-21-19-17-15-13-11-9-7-2/h8,10,14,16,20,22,26-27,29-30,56H,6-7,9,11-13,15,17-19,21,23-25,28,31-55H2,1-5H3/b10-8-,16-14-,22-20-,27-26-,30-29-. The zero-order valence-corrected chi connectivity index (χ0v) is 45.7. The monoisotopic (exact) mass is 976 g/mol. The van der Waals surface area contributed by atoms with Gasteiger partial charge in [-0.1, -0.05) is 235 Å². The lowest BCUT2D eigenvalue weighted by atomic mass is 10.0. The molecule has 0 aliphatic rings. The smallest absolute Gasteiger partial charge is 0.306 e. The zero-order chi connectivity index (χ0) is 49.9. The Morgan fingerprint density at radius 2 is 0.838 bits per heavy atom. The van der Waals surface area contributed by atoms with E-state index in [0.29, 0.717) is 17.4 Å². The van der Waals surface area contributed by atoms with Crippen molar-refractivity contribution < 1.29 is 42.1 Å². The average molecular weight is 976 g/mol. The molecule has 0 rings (SSSR count). The molecule has 0 heterocycles. The molecule has 0 fully saturated rings. The van der Waals surface area contributed by atoms with E-state index in [4.69, 9.17) is 18.5 Å². The van der Waals surface area contributed by atoms with E-state index in [9.17, 15) is 19.0 Å². The van der Waals surface area contributed by atoms with Crippen LogP contribution in [0.25, 0.3) is 0 Å². The number of esters is 2. The lowest BCUT2D eigenvalue weighted by Gasteiger charge is -2.28. The van der Waals surface area contributed by atoms with Crippen LogP contribution in [0.15, 0.2) is 60.8 Å². The second-order valence-corrected chi connectivity index (χ2v) is 21.3. The molecule has 9 nitrogen and oxygen atoms in total. The molecule has 10 heteroatoms. The number of phosphoric ester groups is 1. The van der Waals surface area contributed by atoms with Crippen molar-refractivity contribution in [2.45, 2.75) is 251 Å². The molecule has 0 spiro atoms. The summed E-state index contributed by atoms with van der Waals surface area (Å²) < 4.78 is 34.1. The highest BCUT2D eigenvalue weighted by Gasteiger charge is 2.21. The summed E-state index contributed by atoms with van der Waals surface area (Å²) in [4.78, 5) is 37.8. The third-order valence-electron chi connectivity index (χ3n) is 12.1. The zero-order valence-electron chi connectivity index (χ0n) is 44.8. The van der Waals surface area contributed by atoms with E-state index in [-0.39, 0.29) is 32.0 Å². The molecule has 0 bridgehead atoms. The number of carbonyl (C=O) groups excluding carboxylic acids is 2. The molecule has 0 saturated heterocycles. The number of rotatable bonds is 51. The molecule has 0 saturated carbocycles. The Labute approximate surface area is 419 Å².